The molecule has 0 aliphatic carbocycles. The Balaban J connectivity index is 1.87. The zero-order valence-electron chi connectivity index (χ0n) is 18.5. The molecular formula is C22H25FN8O2. The fourth-order valence-electron chi connectivity index (χ4n) is 3.25. The topological polar surface area (TPSA) is 141 Å². The molecule has 11 heteroatoms. The summed E-state index contributed by atoms with van der Waals surface area (Å²) in [4.78, 5) is 19.4. The van der Waals surface area contributed by atoms with Gasteiger partial charge in [0.05, 0.1) is 35.5 Å². The number of amides is 1. The van der Waals surface area contributed by atoms with Crippen LogP contribution in [0.2, 0.25) is 0 Å². The van der Waals surface area contributed by atoms with Crippen LogP contribution in [-0.2, 0) is 0 Å². The standard InChI is InChI=1S/C22H25FN8O2/c1-13(2)4-16(10-26-22(32)33)29-21-19(23)5-15(7-24)20(30-21)28-17-6-18(11-25-9-17)31-12-14(3)8-27-31/h5-6,8-9,11-13,16,26H,4,10H2,1-3H3,(H,32,33)(H2,28,29,30). The Morgan fingerprint density at radius 3 is 2.70 bits per heavy atom. The van der Waals surface area contributed by atoms with Crippen molar-refractivity contribution in [3.63, 3.8) is 0 Å². The fourth-order valence-corrected chi connectivity index (χ4v) is 3.25. The second kappa shape index (κ2) is 10.4. The minimum absolute atomic E-state index is 0.0162. The molecule has 1 atom stereocenters. The number of hydrogen-bond donors (Lipinski definition) is 4. The lowest BCUT2D eigenvalue weighted by Gasteiger charge is -2.22. The number of halogens is 1. The van der Waals surface area contributed by atoms with Crippen molar-refractivity contribution in [1.82, 2.24) is 25.1 Å². The van der Waals surface area contributed by atoms with Crippen LogP contribution in [0, 0.1) is 30.0 Å². The summed E-state index contributed by atoms with van der Waals surface area (Å²) in [5.41, 5.74) is 2.24. The van der Waals surface area contributed by atoms with Gasteiger partial charge in [0, 0.05) is 18.8 Å². The Hall–Kier alpha value is -4.20. The van der Waals surface area contributed by atoms with E-state index in [1.54, 1.807) is 29.3 Å². The van der Waals surface area contributed by atoms with Crippen molar-refractivity contribution in [2.24, 2.45) is 5.92 Å². The highest BCUT2D eigenvalue weighted by atomic mass is 19.1. The average Bonchev–Trinajstić information content (AvgIpc) is 3.20. The van der Waals surface area contributed by atoms with E-state index in [-0.39, 0.29) is 29.7 Å². The van der Waals surface area contributed by atoms with E-state index < -0.39 is 18.0 Å². The summed E-state index contributed by atoms with van der Waals surface area (Å²) >= 11 is 0. The normalized spacial score (nSPS) is 11.6. The first-order chi connectivity index (χ1) is 15.7. The van der Waals surface area contributed by atoms with Crippen LogP contribution in [0.15, 0.2) is 36.9 Å². The van der Waals surface area contributed by atoms with Crippen LogP contribution in [0.1, 0.15) is 31.4 Å². The number of hydrogen-bond acceptors (Lipinski definition) is 7. The molecule has 0 saturated carbocycles. The van der Waals surface area contributed by atoms with Crippen LogP contribution in [-0.4, -0.2) is 43.5 Å². The molecule has 1 amide bonds. The van der Waals surface area contributed by atoms with E-state index in [9.17, 15) is 14.4 Å². The van der Waals surface area contributed by atoms with Gasteiger partial charge in [-0.1, -0.05) is 13.8 Å². The van der Waals surface area contributed by atoms with Crippen molar-refractivity contribution in [3.8, 4) is 11.8 Å². The van der Waals surface area contributed by atoms with Crippen LogP contribution in [0.25, 0.3) is 5.69 Å². The predicted molar refractivity (Wildman–Crippen MR) is 121 cm³/mol. The predicted octanol–water partition coefficient (Wildman–Crippen LogP) is 3.82. The average molecular weight is 452 g/mol. The molecule has 3 heterocycles. The van der Waals surface area contributed by atoms with E-state index in [1.807, 2.05) is 33.0 Å². The van der Waals surface area contributed by atoms with Gasteiger partial charge in [-0.15, -0.1) is 0 Å². The van der Waals surface area contributed by atoms with Gasteiger partial charge in [-0.3, -0.25) is 4.98 Å². The largest absolute Gasteiger partial charge is 0.465 e. The molecule has 3 rings (SSSR count). The van der Waals surface area contributed by atoms with Gasteiger partial charge in [0.1, 0.15) is 6.07 Å². The summed E-state index contributed by atoms with van der Waals surface area (Å²) in [6, 6.07) is 4.41. The van der Waals surface area contributed by atoms with Gasteiger partial charge < -0.3 is 21.1 Å². The number of anilines is 3. The number of nitriles is 1. The molecule has 172 valence electrons. The fraction of sp³-hybridized carbons (Fsp3) is 0.318. The van der Waals surface area contributed by atoms with Gasteiger partial charge in [-0.25, -0.2) is 18.9 Å². The first-order valence-corrected chi connectivity index (χ1v) is 10.3. The van der Waals surface area contributed by atoms with E-state index in [4.69, 9.17) is 5.11 Å². The van der Waals surface area contributed by atoms with Crippen LogP contribution in [0.4, 0.5) is 26.5 Å². The highest BCUT2D eigenvalue weighted by molar-refractivity contribution is 5.66. The van der Waals surface area contributed by atoms with Gasteiger partial charge in [0.25, 0.3) is 0 Å². The lowest BCUT2D eigenvalue weighted by atomic mass is 10.0. The Kier molecular flexibility index (Phi) is 7.40. The summed E-state index contributed by atoms with van der Waals surface area (Å²) in [6.07, 6.45) is 6.18. The van der Waals surface area contributed by atoms with Crippen molar-refractivity contribution in [3.05, 3.63) is 53.9 Å². The van der Waals surface area contributed by atoms with E-state index in [1.165, 1.54) is 0 Å². The molecule has 0 saturated heterocycles. The summed E-state index contributed by atoms with van der Waals surface area (Å²) < 4.78 is 16.3. The lowest BCUT2D eigenvalue weighted by molar-refractivity contribution is 0.193. The number of aromatic nitrogens is 4. The van der Waals surface area contributed by atoms with Crippen molar-refractivity contribution in [1.29, 1.82) is 5.26 Å². The maximum Gasteiger partial charge on any atom is 0.404 e. The van der Waals surface area contributed by atoms with E-state index in [2.05, 4.69) is 31.0 Å². The van der Waals surface area contributed by atoms with Crippen molar-refractivity contribution < 1.29 is 14.3 Å². The Labute approximate surface area is 190 Å². The van der Waals surface area contributed by atoms with Gasteiger partial charge in [0.15, 0.2) is 17.5 Å². The Morgan fingerprint density at radius 1 is 1.27 bits per heavy atom. The number of aryl methyl sites for hydroxylation is 1. The summed E-state index contributed by atoms with van der Waals surface area (Å²) in [6.45, 7) is 5.96. The second-order valence-corrected chi connectivity index (χ2v) is 8.00. The summed E-state index contributed by atoms with van der Waals surface area (Å²) in [5, 5.41) is 30.9. The molecule has 3 aromatic heterocycles. The third-order valence-corrected chi connectivity index (χ3v) is 4.66. The zero-order chi connectivity index (χ0) is 24.0. The van der Waals surface area contributed by atoms with Crippen molar-refractivity contribution in [2.75, 3.05) is 17.2 Å². The van der Waals surface area contributed by atoms with Crippen LogP contribution in [0.3, 0.4) is 0 Å². The zero-order valence-corrected chi connectivity index (χ0v) is 18.5. The van der Waals surface area contributed by atoms with Crippen LogP contribution in [0.5, 0.6) is 0 Å². The quantitative estimate of drug-likeness (QED) is 0.384. The molecule has 0 aliphatic rings. The third-order valence-electron chi connectivity index (χ3n) is 4.66. The molecule has 10 nitrogen and oxygen atoms in total. The molecular weight excluding hydrogens is 427 g/mol. The number of carbonyl (C=O) groups is 1. The highest BCUT2D eigenvalue weighted by Gasteiger charge is 2.18. The maximum atomic E-state index is 14.7. The smallest absolute Gasteiger partial charge is 0.404 e. The third kappa shape index (κ3) is 6.39. The molecule has 0 radical (unpaired) electrons. The van der Waals surface area contributed by atoms with Crippen molar-refractivity contribution >= 4 is 23.4 Å². The van der Waals surface area contributed by atoms with Gasteiger partial charge in [-0.2, -0.15) is 10.4 Å². The number of pyridine rings is 2. The Bertz CT molecular complexity index is 1170. The molecule has 0 aliphatic heterocycles. The van der Waals surface area contributed by atoms with Gasteiger partial charge in [-0.05, 0) is 37.0 Å². The molecule has 0 fully saturated rings. The molecule has 0 spiro atoms. The highest BCUT2D eigenvalue weighted by Crippen LogP contribution is 2.25. The summed E-state index contributed by atoms with van der Waals surface area (Å²) in [5.74, 6) is -0.412. The van der Waals surface area contributed by atoms with Crippen LogP contribution < -0.4 is 16.0 Å². The molecule has 0 bridgehead atoms. The number of nitrogens with zero attached hydrogens (tertiary/aromatic N) is 5. The minimum atomic E-state index is -1.17. The number of rotatable bonds is 9. The monoisotopic (exact) mass is 452 g/mol. The molecule has 1 unspecified atom stereocenters. The van der Waals surface area contributed by atoms with Gasteiger partial charge in [0.2, 0.25) is 0 Å². The van der Waals surface area contributed by atoms with E-state index in [0.29, 0.717) is 17.8 Å². The van der Waals surface area contributed by atoms with E-state index in [0.717, 1.165) is 11.6 Å². The van der Waals surface area contributed by atoms with Gasteiger partial charge >= 0.3 is 6.09 Å². The lowest BCUT2D eigenvalue weighted by Crippen LogP contribution is -2.37. The summed E-state index contributed by atoms with van der Waals surface area (Å²) in [7, 11) is 0. The maximum absolute atomic E-state index is 14.7. The molecule has 0 aromatic carbocycles. The first kappa shape index (κ1) is 23.5. The minimum Gasteiger partial charge on any atom is -0.465 e. The second-order valence-electron chi connectivity index (χ2n) is 8.00. The van der Waals surface area contributed by atoms with E-state index >= 15 is 0 Å². The molecule has 3 aromatic rings. The van der Waals surface area contributed by atoms with Crippen molar-refractivity contribution in [2.45, 2.75) is 33.2 Å². The van der Waals surface area contributed by atoms with Crippen LogP contribution >= 0.6 is 0 Å². The SMILES string of the molecule is Cc1cnn(-c2cncc(Nc3nc(NC(CNC(=O)O)CC(C)C)c(F)cc3C#N)c2)c1. The number of carboxylic acid groups (broad SMARTS) is 1. The Morgan fingerprint density at radius 2 is 2.06 bits per heavy atom. The molecule has 33 heavy (non-hydrogen) atoms. The first-order valence-electron chi connectivity index (χ1n) is 10.3. The number of nitrogens with one attached hydrogen (secondary N) is 3. The molecule has 4 N–H and O–H groups in total.